The fourth-order valence-electron chi connectivity index (χ4n) is 2.75. The lowest BCUT2D eigenvalue weighted by Crippen LogP contribution is -2.30. The number of ether oxygens (including phenoxy) is 3. The molecule has 3 aromatic rings. The van der Waals surface area contributed by atoms with Crippen molar-refractivity contribution in [1.82, 2.24) is 4.98 Å². The van der Waals surface area contributed by atoms with Gasteiger partial charge in [0.05, 0.1) is 25.3 Å². The number of benzene rings is 2. The van der Waals surface area contributed by atoms with Crippen molar-refractivity contribution < 1.29 is 23.8 Å². The Morgan fingerprint density at radius 2 is 1.76 bits per heavy atom. The number of carbonyl (C=O) groups is 2. The first-order chi connectivity index (χ1) is 13.9. The van der Waals surface area contributed by atoms with Crippen LogP contribution in [0.4, 0.5) is 5.69 Å². The fourth-order valence-corrected chi connectivity index (χ4v) is 2.95. The van der Waals surface area contributed by atoms with E-state index in [9.17, 15) is 9.59 Å². The predicted molar refractivity (Wildman–Crippen MR) is 110 cm³/mol. The predicted octanol–water partition coefficient (Wildman–Crippen LogP) is 4.09. The molecule has 8 heteroatoms. The van der Waals surface area contributed by atoms with Gasteiger partial charge < -0.3 is 19.5 Å². The van der Waals surface area contributed by atoms with E-state index in [1.165, 1.54) is 27.2 Å². The van der Waals surface area contributed by atoms with Crippen molar-refractivity contribution in [2.75, 3.05) is 19.5 Å². The van der Waals surface area contributed by atoms with Crippen molar-refractivity contribution >= 4 is 40.1 Å². The lowest BCUT2D eigenvalue weighted by atomic mass is 10.1. The van der Waals surface area contributed by atoms with E-state index in [4.69, 9.17) is 25.8 Å². The molecule has 0 aliphatic rings. The summed E-state index contributed by atoms with van der Waals surface area (Å²) in [5.74, 6) is -0.158. The monoisotopic (exact) mass is 414 g/mol. The molecule has 29 heavy (non-hydrogen) atoms. The molecule has 3 rings (SSSR count). The summed E-state index contributed by atoms with van der Waals surface area (Å²) in [6, 6.07) is 13.4. The lowest BCUT2D eigenvalue weighted by molar-refractivity contribution is -0.123. The Hall–Kier alpha value is -3.32. The van der Waals surface area contributed by atoms with Gasteiger partial charge in [-0.05, 0) is 31.2 Å². The molecule has 0 aliphatic carbocycles. The molecule has 0 unspecified atom stereocenters. The Morgan fingerprint density at radius 1 is 1.03 bits per heavy atom. The Kier molecular flexibility index (Phi) is 6.19. The average Bonchev–Trinajstić information content (AvgIpc) is 2.72. The number of nitrogens with one attached hydrogen (secondary N) is 1. The van der Waals surface area contributed by atoms with Crippen LogP contribution >= 0.6 is 11.6 Å². The van der Waals surface area contributed by atoms with Gasteiger partial charge in [-0.15, -0.1) is 0 Å². The van der Waals surface area contributed by atoms with E-state index in [0.717, 1.165) is 0 Å². The summed E-state index contributed by atoms with van der Waals surface area (Å²) in [7, 11) is 3.02. The van der Waals surface area contributed by atoms with Crippen LogP contribution < -0.4 is 14.8 Å². The second-order valence-corrected chi connectivity index (χ2v) is 6.50. The standard InChI is InChI=1S/C21H19ClN2O5/c1-12(20(25)23-13-8-9-17(27-2)18(10-13)28-3)29-21(26)15-11-19(22)24-16-7-5-4-6-14(15)16/h4-12H,1-3H3,(H,23,25)/t12-/m0/s1. The van der Waals surface area contributed by atoms with Gasteiger partial charge in [0.1, 0.15) is 5.15 Å². The second kappa shape index (κ2) is 8.79. The van der Waals surface area contributed by atoms with Crippen molar-refractivity contribution in [3.63, 3.8) is 0 Å². The number of halogens is 1. The lowest BCUT2D eigenvalue weighted by Gasteiger charge is -2.15. The van der Waals surface area contributed by atoms with Crippen molar-refractivity contribution in [2.24, 2.45) is 0 Å². The van der Waals surface area contributed by atoms with Crippen LogP contribution in [-0.2, 0) is 9.53 Å². The summed E-state index contributed by atoms with van der Waals surface area (Å²) in [6.45, 7) is 1.49. The van der Waals surface area contributed by atoms with Crippen LogP contribution in [0.1, 0.15) is 17.3 Å². The number of nitrogens with zero attached hydrogens (tertiary/aromatic N) is 1. The van der Waals surface area contributed by atoms with Crippen LogP contribution in [-0.4, -0.2) is 37.2 Å². The summed E-state index contributed by atoms with van der Waals surface area (Å²) in [6.07, 6.45) is -1.04. The van der Waals surface area contributed by atoms with E-state index >= 15 is 0 Å². The first-order valence-corrected chi connectivity index (χ1v) is 9.10. The molecule has 0 aliphatic heterocycles. The first-order valence-electron chi connectivity index (χ1n) is 8.72. The zero-order chi connectivity index (χ0) is 21.0. The summed E-state index contributed by atoms with van der Waals surface area (Å²) in [4.78, 5) is 29.3. The van der Waals surface area contributed by atoms with E-state index in [-0.39, 0.29) is 10.7 Å². The molecule has 0 spiro atoms. The minimum atomic E-state index is -1.04. The molecular weight excluding hydrogens is 396 g/mol. The number of esters is 1. The van der Waals surface area contributed by atoms with Crippen LogP contribution in [0.2, 0.25) is 5.15 Å². The number of para-hydroxylation sites is 1. The number of fused-ring (bicyclic) bond motifs is 1. The zero-order valence-electron chi connectivity index (χ0n) is 16.1. The van der Waals surface area contributed by atoms with E-state index in [2.05, 4.69) is 10.3 Å². The van der Waals surface area contributed by atoms with Gasteiger partial charge in [-0.3, -0.25) is 4.79 Å². The number of hydrogen-bond acceptors (Lipinski definition) is 6. The molecule has 0 radical (unpaired) electrons. The Balaban J connectivity index is 1.74. The number of carbonyl (C=O) groups excluding carboxylic acids is 2. The van der Waals surface area contributed by atoms with Crippen LogP contribution in [0.15, 0.2) is 48.5 Å². The maximum atomic E-state index is 12.6. The van der Waals surface area contributed by atoms with E-state index < -0.39 is 18.0 Å². The molecule has 7 nitrogen and oxygen atoms in total. The molecule has 0 fully saturated rings. The Labute approximate surface area is 172 Å². The molecule has 150 valence electrons. The third-order valence-electron chi connectivity index (χ3n) is 4.21. The third-order valence-corrected chi connectivity index (χ3v) is 4.40. The van der Waals surface area contributed by atoms with Crippen LogP contribution in [0, 0.1) is 0 Å². The summed E-state index contributed by atoms with van der Waals surface area (Å²) < 4.78 is 15.7. The number of rotatable bonds is 6. The smallest absolute Gasteiger partial charge is 0.339 e. The summed E-state index contributed by atoms with van der Waals surface area (Å²) in [5.41, 5.74) is 1.29. The number of aromatic nitrogens is 1. The normalized spacial score (nSPS) is 11.6. The van der Waals surface area contributed by atoms with E-state index in [0.29, 0.717) is 28.1 Å². The number of amides is 1. The quantitative estimate of drug-likeness (QED) is 0.483. The minimum absolute atomic E-state index is 0.165. The van der Waals surface area contributed by atoms with Gasteiger partial charge >= 0.3 is 5.97 Å². The highest BCUT2D eigenvalue weighted by Crippen LogP contribution is 2.30. The number of methoxy groups -OCH3 is 2. The largest absolute Gasteiger partial charge is 0.493 e. The minimum Gasteiger partial charge on any atom is -0.493 e. The van der Waals surface area contributed by atoms with Gasteiger partial charge in [0.2, 0.25) is 0 Å². The van der Waals surface area contributed by atoms with Gasteiger partial charge in [0, 0.05) is 17.1 Å². The first kappa shape index (κ1) is 20.4. The van der Waals surface area contributed by atoms with Gasteiger partial charge in [0.25, 0.3) is 5.91 Å². The van der Waals surface area contributed by atoms with Crippen molar-refractivity contribution in [3.05, 3.63) is 59.2 Å². The molecule has 0 saturated carbocycles. The van der Waals surface area contributed by atoms with E-state index in [1.54, 1.807) is 42.5 Å². The molecule has 1 aromatic heterocycles. The molecule has 0 bridgehead atoms. The topological polar surface area (TPSA) is 86.8 Å². The maximum Gasteiger partial charge on any atom is 0.339 e. The number of anilines is 1. The highest BCUT2D eigenvalue weighted by atomic mass is 35.5. The van der Waals surface area contributed by atoms with Crippen LogP contribution in [0.3, 0.4) is 0 Å². The van der Waals surface area contributed by atoms with Crippen LogP contribution in [0.5, 0.6) is 11.5 Å². The highest BCUT2D eigenvalue weighted by Gasteiger charge is 2.21. The van der Waals surface area contributed by atoms with Gasteiger partial charge in [0.15, 0.2) is 17.6 Å². The summed E-state index contributed by atoms with van der Waals surface area (Å²) in [5, 5.41) is 3.44. The maximum absolute atomic E-state index is 12.6. The summed E-state index contributed by atoms with van der Waals surface area (Å²) >= 11 is 6.01. The van der Waals surface area contributed by atoms with Gasteiger partial charge in [-0.1, -0.05) is 29.8 Å². The average molecular weight is 415 g/mol. The SMILES string of the molecule is COc1ccc(NC(=O)[C@H](C)OC(=O)c2cc(Cl)nc3ccccc23)cc1OC. The van der Waals surface area contributed by atoms with Crippen molar-refractivity contribution in [3.8, 4) is 11.5 Å². The molecule has 1 N–H and O–H groups in total. The van der Waals surface area contributed by atoms with Gasteiger partial charge in [-0.25, -0.2) is 9.78 Å². The fraction of sp³-hybridized carbons (Fsp3) is 0.190. The highest BCUT2D eigenvalue weighted by molar-refractivity contribution is 6.30. The molecule has 1 heterocycles. The van der Waals surface area contributed by atoms with E-state index in [1.807, 2.05) is 0 Å². The van der Waals surface area contributed by atoms with Crippen molar-refractivity contribution in [1.29, 1.82) is 0 Å². The number of pyridine rings is 1. The molecule has 1 atom stereocenters. The molecular formula is C21H19ClN2O5. The Bertz CT molecular complexity index is 1070. The number of hydrogen-bond donors (Lipinski definition) is 1. The van der Waals surface area contributed by atoms with Crippen molar-refractivity contribution in [2.45, 2.75) is 13.0 Å². The Morgan fingerprint density at radius 3 is 2.48 bits per heavy atom. The second-order valence-electron chi connectivity index (χ2n) is 6.12. The molecule has 1 amide bonds. The zero-order valence-corrected chi connectivity index (χ0v) is 16.8. The molecule has 2 aromatic carbocycles. The third kappa shape index (κ3) is 4.57. The van der Waals surface area contributed by atoms with Gasteiger partial charge in [-0.2, -0.15) is 0 Å². The molecule has 0 saturated heterocycles. The van der Waals surface area contributed by atoms with Crippen LogP contribution in [0.25, 0.3) is 10.9 Å².